The summed E-state index contributed by atoms with van der Waals surface area (Å²) in [6.45, 7) is 12.5. The van der Waals surface area contributed by atoms with Crippen LogP contribution in [0.15, 0.2) is 0 Å². The predicted octanol–water partition coefficient (Wildman–Crippen LogP) is 3.19. The van der Waals surface area contributed by atoms with E-state index in [2.05, 4.69) is 33.9 Å². The molecule has 0 aromatic rings. The van der Waals surface area contributed by atoms with E-state index in [4.69, 9.17) is 8.61 Å². The Morgan fingerprint density at radius 1 is 1.19 bits per heavy atom. The lowest BCUT2D eigenvalue weighted by atomic mass is 9.58. The van der Waals surface area contributed by atoms with Gasteiger partial charge in [-0.2, -0.15) is 8.42 Å². The average Bonchev–Trinajstić information content (AvgIpc) is 2.32. The van der Waals surface area contributed by atoms with E-state index >= 15 is 0 Å². The molecule has 0 aromatic heterocycles. The maximum Gasteiger partial charge on any atom is 0.264 e. The lowest BCUT2D eigenvalue weighted by molar-refractivity contribution is -0.0258. The molecule has 6 heteroatoms. The van der Waals surface area contributed by atoms with Crippen LogP contribution in [0, 0.1) is 16.7 Å². The summed E-state index contributed by atoms with van der Waals surface area (Å²) in [7, 11) is -4.33. The van der Waals surface area contributed by atoms with Gasteiger partial charge in [0.1, 0.15) is 0 Å². The summed E-state index contributed by atoms with van der Waals surface area (Å²) in [6, 6.07) is 0. The van der Waals surface area contributed by atoms with Crippen LogP contribution in [0.3, 0.4) is 0 Å². The number of rotatable bonds is 6. The molecule has 0 N–H and O–H groups in total. The van der Waals surface area contributed by atoms with Crippen molar-refractivity contribution in [2.24, 2.45) is 16.7 Å². The Morgan fingerprint density at radius 3 is 2.10 bits per heavy atom. The Kier molecular flexibility index (Phi) is 6.48. The summed E-state index contributed by atoms with van der Waals surface area (Å²) in [6.07, 6.45) is 5.35. The largest absolute Gasteiger partial charge is 0.420 e. The molecule has 0 heterocycles. The molecule has 0 saturated heterocycles. The minimum Gasteiger partial charge on any atom is -0.420 e. The van der Waals surface area contributed by atoms with Crippen LogP contribution in [0.4, 0.5) is 0 Å². The van der Waals surface area contributed by atoms with Crippen molar-refractivity contribution < 1.29 is 17.0 Å². The quantitative estimate of drug-likeness (QED) is 0.552. The molecule has 0 aromatic carbocycles. The molecule has 0 amide bonds. The van der Waals surface area contributed by atoms with Gasteiger partial charge in [-0.05, 0) is 55.5 Å². The van der Waals surface area contributed by atoms with Gasteiger partial charge in [0.15, 0.2) is 9.04 Å². The lowest BCUT2D eigenvalue weighted by Crippen LogP contribution is -2.44. The summed E-state index contributed by atoms with van der Waals surface area (Å²) >= 11 is 0. The highest BCUT2D eigenvalue weighted by Crippen LogP contribution is 2.51. The number of hydrogen-bond acceptors (Lipinski definition) is 4. The molecule has 21 heavy (non-hydrogen) atoms. The molecule has 1 fully saturated rings. The molecule has 4 nitrogen and oxygen atoms in total. The molecule has 1 aliphatic carbocycles. The van der Waals surface area contributed by atoms with E-state index in [9.17, 15) is 8.42 Å². The van der Waals surface area contributed by atoms with Gasteiger partial charge >= 0.3 is 0 Å². The van der Waals surface area contributed by atoms with Crippen molar-refractivity contribution in [2.45, 2.75) is 59.5 Å². The van der Waals surface area contributed by atoms with Crippen LogP contribution in [0.5, 0.6) is 0 Å². The molecule has 0 aliphatic heterocycles. The second kappa shape index (κ2) is 7.11. The Morgan fingerprint density at radius 2 is 1.71 bits per heavy atom. The van der Waals surface area contributed by atoms with Gasteiger partial charge in [-0.15, -0.1) is 0 Å². The fourth-order valence-electron chi connectivity index (χ4n) is 3.05. The third-order valence-electron chi connectivity index (χ3n) is 4.86. The van der Waals surface area contributed by atoms with Crippen LogP contribution in [-0.2, 0) is 18.7 Å². The zero-order chi connectivity index (χ0) is 16.3. The standard InChI is InChI=1S/C15H32O4SSi/c1-14(2,3)15(12-19-21(5)6)9-7-13(8-10-15)11-18-20(4,16)17/h13,21H,7-12H2,1-6H3/t13-,15+. The highest BCUT2D eigenvalue weighted by molar-refractivity contribution is 7.85. The molecule has 126 valence electrons. The normalized spacial score (nSPS) is 28.0. The molecule has 0 atom stereocenters. The molecular formula is C15H32O4SSi. The lowest BCUT2D eigenvalue weighted by Gasteiger charge is -2.49. The minimum absolute atomic E-state index is 0.207. The van der Waals surface area contributed by atoms with Gasteiger partial charge in [-0.1, -0.05) is 20.8 Å². The Labute approximate surface area is 132 Å². The molecule has 0 spiro atoms. The topological polar surface area (TPSA) is 52.6 Å². The van der Waals surface area contributed by atoms with E-state index in [1.807, 2.05) is 0 Å². The van der Waals surface area contributed by atoms with Crippen LogP contribution in [-0.4, -0.2) is 36.9 Å². The molecule has 1 rings (SSSR count). The Bertz CT molecular complexity index is 417. The van der Waals surface area contributed by atoms with Crippen LogP contribution in [0.2, 0.25) is 13.1 Å². The average molecular weight is 337 g/mol. The molecular weight excluding hydrogens is 304 g/mol. The van der Waals surface area contributed by atoms with E-state index in [-0.39, 0.29) is 10.8 Å². The first-order valence-electron chi connectivity index (χ1n) is 7.91. The van der Waals surface area contributed by atoms with Gasteiger partial charge in [-0.25, -0.2) is 0 Å². The van der Waals surface area contributed by atoms with Gasteiger partial charge in [-0.3, -0.25) is 4.18 Å². The van der Waals surface area contributed by atoms with Gasteiger partial charge in [0.05, 0.1) is 12.9 Å². The number of hydrogen-bond donors (Lipinski definition) is 0. The Balaban J connectivity index is 2.63. The van der Waals surface area contributed by atoms with Crippen molar-refractivity contribution in [3.63, 3.8) is 0 Å². The monoisotopic (exact) mass is 336 g/mol. The van der Waals surface area contributed by atoms with Crippen molar-refractivity contribution in [3.8, 4) is 0 Å². The summed E-state index contributed by atoms with van der Waals surface area (Å²) in [5, 5.41) is 0. The second-order valence-corrected chi connectivity index (χ2v) is 11.9. The molecule has 1 aliphatic rings. The van der Waals surface area contributed by atoms with Crippen molar-refractivity contribution in [2.75, 3.05) is 19.5 Å². The molecule has 0 bridgehead atoms. The van der Waals surface area contributed by atoms with E-state index in [0.717, 1.165) is 38.5 Å². The van der Waals surface area contributed by atoms with Gasteiger partial charge in [0.25, 0.3) is 10.1 Å². The van der Waals surface area contributed by atoms with Gasteiger partial charge in [0, 0.05) is 6.61 Å². The molecule has 0 radical (unpaired) electrons. The van der Waals surface area contributed by atoms with E-state index < -0.39 is 19.2 Å². The highest BCUT2D eigenvalue weighted by atomic mass is 32.2. The van der Waals surface area contributed by atoms with E-state index in [0.29, 0.717) is 12.5 Å². The first kappa shape index (κ1) is 19.1. The van der Waals surface area contributed by atoms with Crippen molar-refractivity contribution in [1.29, 1.82) is 0 Å². The predicted molar refractivity (Wildman–Crippen MR) is 89.5 cm³/mol. The van der Waals surface area contributed by atoms with Gasteiger partial charge < -0.3 is 4.43 Å². The van der Waals surface area contributed by atoms with E-state index in [1.165, 1.54) is 0 Å². The zero-order valence-corrected chi connectivity index (χ0v) is 16.4. The third-order valence-corrected chi connectivity index (χ3v) is 6.26. The first-order chi connectivity index (χ1) is 9.45. The van der Waals surface area contributed by atoms with Crippen molar-refractivity contribution >= 4 is 19.2 Å². The zero-order valence-electron chi connectivity index (χ0n) is 14.4. The maximum atomic E-state index is 11.1. The second-order valence-electron chi connectivity index (χ2n) is 7.82. The SMILES string of the molecule is C[SiH](C)OC[C@]1(C(C)(C)C)CC[C@@H](COS(C)(=O)=O)CC1. The van der Waals surface area contributed by atoms with Crippen LogP contribution in [0.1, 0.15) is 46.5 Å². The molecule has 1 saturated carbocycles. The smallest absolute Gasteiger partial charge is 0.264 e. The summed E-state index contributed by atoms with van der Waals surface area (Å²) in [5.41, 5.74) is 0.421. The van der Waals surface area contributed by atoms with Crippen molar-refractivity contribution in [1.82, 2.24) is 0 Å². The fourth-order valence-corrected chi connectivity index (χ4v) is 4.15. The maximum absolute atomic E-state index is 11.1. The summed E-state index contributed by atoms with van der Waals surface area (Å²) < 4.78 is 33.2. The van der Waals surface area contributed by atoms with Crippen LogP contribution >= 0.6 is 0 Å². The first-order valence-corrected chi connectivity index (χ1v) is 12.5. The van der Waals surface area contributed by atoms with Crippen molar-refractivity contribution in [3.05, 3.63) is 0 Å². The van der Waals surface area contributed by atoms with Crippen LogP contribution in [0.25, 0.3) is 0 Å². The van der Waals surface area contributed by atoms with Gasteiger partial charge in [0.2, 0.25) is 0 Å². The molecule has 0 unspecified atom stereocenters. The van der Waals surface area contributed by atoms with E-state index in [1.54, 1.807) is 0 Å². The highest BCUT2D eigenvalue weighted by Gasteiger charge is 2.44. The third kappa shape index (κ3) is 6.00. The minimum atomic E-state index is -3.32. The van der Waals surface area contributed by atoms with Crippen LogP contribution < -0.4 is 0 Å². The fraction of sp³-hybridized carbons (Fsp3) is 1.00. The Hall–Kier alpha value is 0.0869. The summed E-state index contributed by atoms with van der Waals surface area (Å²) in [4.78, 5) is 0. The summed E-state index contributed by atoms with van der Waals surface area (Å²) in [5.74, 6) is 0.353.